The van der Waals surface area contributed by atoms with Crippen LogP contribution in [0.5, 0.6) is 12.0 Å². The molecule has 7 atom stereocenters. The lowest BCUT2D eigenvalue weighted by molar-refractivity contribution is 0.0145. The first-order valence-corrected chi connectivity index (χ1v) is 46.2. The highest BCUT2D eigenvalue weighted by molar-refractivity contribution is 7.84. The van der Waals surface area contributed by atoms with Crippen molar-refractivity contribution in [2.75, 3.05) is 180 Å². The van der Waals surface area contributed by atoms with E-state index in [1.807, 2.05) is 128 Å². The molecule has 128 heavy (non-hydrogen) atoms. The van der Waals surface area contributed by atoms with Crippen molar-refractivity contribution in [1.29, 1.82) is 0 Å². The largest absolute Gasteiger partial charge is 0.461 e. The number of carbonyl (C=O) groups is 5. The number of fused-ring (bicyclic) bond motifs is 3. The zero-order valence-electron chi connectivity index (χ0n) is 77.9. The zero-order chi connectivity index (χ0) is 92.5. The van der Waals surface area contributed by atoms with Gasteiger partial charge in [-0.1, -0.05) is 60.7 Å². The first-order chi connectivity index (χ1) is 60.8. The van der Waals surface area contributed by atoms with E-state index in [1.165, 1.54) is 19.1 Å². The summed E-state index contributed by atoms with van der Waals surface area (Å²) < 4.78 is 52.9. The van der Waals surface area contributed by atoms with E-state index in [4.69, 9.17) is 77.9 Å². The minimum absolute atomic E-state index is 0.0164. The summed E-state index contributed by atoms with van der Waals surface area (Å²) in [5.41, 5.74) is 5.20. The third kappa shape index (κ3) is 25.9. The molecule has 0 saturated carbocycles. The number of aromatic nitrogens is 6. The van der Waals surface area contributed by atoms with Crippen LogP contribution in [0.2, 0.25) is 0 Å². The maximum Gasteiger partial charge on any atom is 0.410 e. The van der Waals surface area contributed by atoms with Crippen LogP contribution in [-0.4, -0.2) is 325 Å². The lowest BCUT2D eigenvalue weighted by Gasteiger charge is -2.41. The van der Waals surface area contributed by atoms with Crippen LogP contribution in [0.25, 0.3) is 14.5 Å². The van der Waals surface area contributed by atoms with E-state index in [0.29, 0.717) is 129 Å². The summed E-state index contributed by atoms with van der Waals surface area (Å²) in [5, 5.41) is 12.5. The molecule has 5 amide bonds. The number of aliphatic hydroxyl groups excluding tert-OH is 1. The number of benzene rings is 2. The quantitative estimate of drug-likeness (QED) is 0.0468. The van der Waals surface area contributed by atoms with Crippen LogP contribution < -0.4 is 29.5 Å². The second-order valence-electron chi connectivity index (χ2n) is 38.2. The highest BCUT2D eigenvalue weighted by Crippen LogP contribution is 2.37. The normalized spacial score (nSPS) is 22.8. The van der Waals surface area contributed by atoms with E-state index in [2.05, 4.69) is 96.2 Å². The van der Waals surface area contributed by atoms with Crippen LogP contribution in [0, 0.1) is 19.7 Å². The van der Waals surface area contributed by atoms with Crippen molar-refractivity contribution in [3.8, 4) is 12.0 Å². The highest BCUT2D eigenvalue weighted by atomic mass is 32.2. The lowest BCUT2D eigenvalue weighted by Crippen LogP contribution is -2.57. The number of amides is 5. The Labute approximate surface area is 757 Å². The number of hydrogen-bond donors (Lipinski definition) is 2. The zero-order valence-corrected chi connectivity index (χ0v) is 78.7. The van der Waals surface area contributed by atoms with Crippen LogP contribution in [0.1, 0.15) is 167 Å². The van der Waals surface area contributed by atoms with Crippen LogP contribution in [0.3, 0.4) is 0 Å². The Bertz CT molecular complexity index is 4810. The van der Waals surface area contributed by atoms with Gasteiger partial charge in [-0.15, -0.1) is 0 Å². The van der Waals surface area contributed by atoms with Crippen molar-refractivity contribution in [2.24, 2.45) is 0 Å². The van der Waals surface area contributed by atoms with E-state index in [-0.39, 0.29) is 97.9 Å². The van der Waals surface area contributed by atoms with Gasteiger partial charge in [-0.2, -0.15) is 19.9 Å². The smallest absolute Gasteiger partial charge is 0.410 e. The molecule has 9 aliphatic rings. The maximum atomic E-state index is 13.1. The van der Waals surface area contributed by atoms with Crippen molar-refractivity contribution in [3.63, 3.8) is 0 Å². The molecule has 0 aliphatic carbocycles. The monoisotopic (exact) mass is 1790 g/mol. The summed E-state index contributed by atoms with van der Waals surface area (Å²) in [4.78, 5) is 125. The van der Waals surface area contributed by atoms with Crippen molar-refractivity contribution in [2.45, 2.75) is 230 Å². The van der Waals surface area contributed by atoms with E-state index < -0.39 is 52.0 Å². The Morgan fingerprint density at radius 2 is 0.836 bits per heavy atom. The second-order valence-corrected chi connectivity index (χ2v) is 39.5. The van der Waals surface area contributed by atoms with Crippen LogP contribution in [0.4, 0.5) is 41.4 Å². The number of rotatable bonds is 18. The van der Waals surface area contributed by atoms with Crippen LogP contribution >= 0.6 is 0 Å². The number of aliphatic hydroxyl groups is 1. The fraction of sp³-hybridized carbons (Fsp3) is 0.652. The number of likely N-dealkylation sites (N-methyl/N-ethyl adjacent to an activating group) is 3. The minimum Gasteiger partial charge on any atom is -0.461 e. The number of ether oxygens (including phenoxy) is 7. The number of likely N-dealkylation sites (tertiary alicyclic amines) is 3. The molecule has 35 nitrogen and oxygen atoms in total. The third-order valence-electron chi connectivity index (χ3n) is 25.0. The van der Waals surface area contributed by atoms with Gasteiger partial charge < -0.3 is 82.6 Å². The van der Waals surface area contributed by atoms with Gasteiger partial charge in [0.2, 0.25) is 24.8 Å². The summed E-state index contributed by atoms with van der Waals surface area (Å²) in [6.45, 7) is 57.9. The molecule has 0 spiro atoms. The van der Waals surface area contributed by atoms with Crippen molar-refractivity contribution in [1.82, 2.24) is 74.4 Å². The molecule has 5 aromatic rings. The van der Waals surface area contributed by atoms with Gasteiger partial charge in [0.15, 0.2) is 0 Å². The number of nitrogens with one attached hydrogen (secondary N) is 1. The molecule has 14 rings (SSSR count). The number of carbonyl (C=O) groups excluding carboxylic acids is 5. The first kappa shape index (κ1) is 98.1. The van der Waals surface area contributed by atoms with Crippen LogP contribution in [0.15, 0.2) is 65.8 Å². The average Bonchev–Trinajstić information content (AvgIpc) is 1.46. The fourth-order valence-electron chi connectivity index (χ4n) is 17.2. The highest BCUT2D eigenvalue weighted by Gasteiger charge is 2.44. The van der Waals surface area contributed by atoms with Gasteiger partial charge in [0.25, 0.3) is 0 Å². The maximum absolute atomic E-state index is 13.1. The first-order valence-electron chi connectivity index (χ1n) is 44.7. The molecule has 0 bridgehead atoms. The van der Waals surface area contributed by atoms with Crippen molar-refractivity contribution in [3.05, 3.63) is 140 Å². The molecule has 6 saturated heterocycles. The predicted octanol–water partition coefficient (Wildman–Crippen LogP) is 10.4. The molecule has 2 aromatic carbocycles. The summed E-state index contributed by atoms with van der Waals surface area (Å²) in [6.07, 6.45) is 8.11. The third-order valence-corrected chi connectivity index (χ3v) is 25.7. The van der Waals surface area contributed by atoms with Crippen molar-refractivity contribution < 1.29 is 66.4 Å². The molecular weight excluding hydrogens is 1660 g/mol. The average molecular weight is 1790 g/mol. The van der Waals surface area contributed by atoms with Gasteiger partial charge in [0.1, 0.15) is 78.8 Å². The Hall–Kier alpha value is -10.6. The second kappa shape index (κ2) is 43.2. The standard InChI is InChI=1S/C33H45N7O5.C27H34N6O5S.C25H39N7O3.C7H15NO/c1-32(2,3)45-31(42)40-18-17-38(20-25(40)19-34-5)28-26-13-16-39(30(41)43-22-24-11-8-7-9-12-24)21-27(26)35-29(36-28)44-23-33(4)14-10-15-37(33)6;1-27(2,3)38-26(35)33-14-13-31(16-20(33)15-28-4)23-21-11-12-32(17-22(21)29-24(30-23)39(5)36)25(34)37-18-19-9-7-6-8-10-19;1-24(2,3)35-23(33)32-13-12-31(16-18(32)14-26-5)21-19-8-10-27-15-20(19)28-22(29-21)34-17-25(4)9-7-11-30(25)6;1-7(6-9)4-3-5-8(7)2/h7-9,11-12,25H,10,13-23H2,1-4,6H3;6-10,20H,11-18H2,1-3,5H3;18,27H,7-17H2,1-4,6H3;9H,3-6H2,1-2H3/t25-,33?;20-,39?;18-,25?;/m000./s1. The minimum atomic E-state index is -1.45. The topological polar surface area (TPSA) is 325 Å². The molecule has 2 N–H and O–H groups in total. The van der Waals surface area contributed by atoms with Crippen molar-refractivity contribution >= 4 is 58.7 Å². The molecule has 3 aromatic heterocycles. The molecule has 0 radical (unpaired) electrons. The van der Waals surface area contributed by atoms with E-state index in [9.17, 15) is 28.2 Å². The van der Waals surface area contributed by atoms with Gasteiger partial charge in [0.05, 0.1) is 58.7 Å². The molecule has 36 heteroatoms. The number of hydrogen-bond acceptors (Lipinski definition) is 27. The fourth-order valence-corrected chi connectivity index (χ4v) is 17.6. The Kier molecular flexibility index (Phi) is 33.1. The van der Waals surface area contributed by atoms with E-state index in [0.717, 1.165) is 109 Å². The summed E-state index contributed by atoms with van der Waals surface area (Å²) >= 11 is 0. The van der Waals surface area contributed by atoms with Gasteiger partial charge in [-0.05, 0) is 199 Å². The molecule has 6 fully saturated rings. The van der Waals surface area contributed by atoms with E-state index in [1.54, 1.807) is 24.5 Å². The lowest BCUT2D eigenvalue weighted by atomic mass is 10.0. The number of nitrogens with zero attached hydrogens (tertiary/aromatic N) is 20. The Morgan fingerprint density at radius 1 is 0.477 bits per heavy atom. The van der Waals surface area contributed by atoms with Gasteiger partial charge in [-0.25, -0.2) is 53.7 Å². The molecule has 12 heterocycles. The molecule has 9 aliphatic heterocycles. The summed E-state index contributed by atoms with van der Waals surface area (Å²) in [5.74, 6) is 2.24. The number of anilines is 3. The van der Waals surface area contributed by atoms with E-state index >= 15 is 0 Å². The predicted molar refractivity (Wildman–Crippen MR) is 485 cm³/mol. The van der Waals surface area contributed by atoms with Gasteiger partial charge in [0, 0.05) is 107 Å². The SMILES string of the molecule is CN1CCCC1(C)CO.[C-]#[N+]C[C@H]1CN(c2nc(OCC3(C)CCCN3C)nc3c2CCN(C(=O)OCc2ccccc2)C3)CCN1C(=O)OC(C)(C)C.[C-]#[N+]C[C@H]1CN(c2nc(OCC3(C)CCCN3C)nc3c2CCNC3)CCN1C(=O)OC(C)(C)C.[C-]#[N+]C[C@H]1CN(c2nc(S(C)=O)nc3c2CCN(C(=O)OCc2ccccc2)C3)CCN1C(=O)OC(C)(C)C. The Balaban J connectivity index is 0.000000178. The van der Waals surface area contributed by atoms with Gasteiger partial charge >= 0.3 is 42.5 Å². The Morgan fingerprint density at radius 3 is 1.18 bits per heavy atom. The van der Waals surface area contributed by atoms with Gasteiger partial charge in [-0.3, -0.25) is 33.6 Å². The molecular formula is C92H133N21O14S. The number of piperazine rings is 3. The summed E-state index contributed by atoms with van der Waals surface area (Å²) in [7, 11) is 4.87. The molecule has 4 unspecified atom stereocenters. The molecule has 696 valence electrons. The summed E-state index contributed by atoms with van der Waals surface area (Å²) in [6, 6.07) is 18.7. The van der Waals surface area contributed by atoms with Crippen LogP contribution in [-0.2, 0) is 86.6 Å².